The zero-order valence-electron chi connectivity index (χ0n) is 13.2. The maximum atomic E-state index is 5.44. The second kappa shape index (κ2) is 7.02. The number of methoxy groups -OCH3 is 1. The van der Waals surface area contributed by atoms with Crippen LogP contribution >= 0.6 is 0 Å². The summed E-state index contributed by atoms with van der Waals surface area (Å²) in [6.45, 7) is 5.53. The Morgan fingerprint density at radius 2 is 2.41 bits per heavy atom. The number of piperidine rings is 1. The summed E-state index contributed by atoms with van der Waals surface area (Å²) in [7, 11) is 1.68. The maximum absolute atomic E-state index is 5.44. The first-order valence-corrected chi connectivity index (χ1v) is 7.79. The zero-order valence-corrected chi connectivity index (χ0v) is 13.2. The maximum Gasteiger partial charge on any atom is 0.231 e. The standard InChI is InChI=1S/C15H23N5O2/c1-11-16-8-13(17-11)10-20-6-3-4-12(9-20)15-18-14(19-22-15)5-7-21-2/h8,12H,3-7,9-10H2,1-2H3,(H,16,17)/t12-/m0/s1. The Hall–Kier alpha value is -1.73. The van der Waals surface area contributed by atoms with Crippen LogP contribution in [0.25, 0.3) is 0 Å². The number of aromatic amines is 1. The highest BCUT2D eigenvalue weighted by atomic mass is 16.5. The minimum atomic E-state index is 0.321. The van der Waals surface area contributed by atoms with Crippen LogP contribution in [0.5, 0.6) is 0 Å². The van der Waals surface area contributed by atoms with Crippen molar-refractivity contribution >= 4 is 0 Å². The minimum absolute atomic E-state index is 0.321. The van der Waals surface area contributed by atoms with Gasteiger partial charge in [0, 0.05) is 38.5 Å². The highest BCUT2D eigenvalue weighted by Gasteiger charge is 2.26. The lowest BCUT2D eigenvalue weighted by atomic mass is 9.98. The molecule has 1 fully saturated rings. The molecule has 0 unspecified atom stereocenters. The third kappa shape index (κ3) is 3.72. The van der Waals surface area contributed by atoms with Gasteiger partial charge in [-0.05, 0) is 26.3 Å². The van der Waals surface area contributed by atoms with Crippen LogP contribution in [0.3, 0.4) is 0 Å². The van der Waals surface area contributed by atoms with Crippen LogP contribution in [0.4, 0.5) is 0 Å². The topological polar surface area (TPSA) is 80.1 Å². The van der Waals surface area contributed by atoms with E-state index in [1.807, 2.05) is 13.1 Å². The second-order valence-electron chi connectivity index (χ2n) is 5.86. The van der Waals surface area contributed by atoms with E-state index < -0.39 is 0 Å². The number of ether oxygens (including phenoxy) is 1. The molecule has 0 radical (unpaired) electrons. The highest BCUT2D eigenvalue weighted by molar-refractivity contribution is 5.02. The van der Waals surface area contributed by atoms with E-state index in [9.17, 15) is 0 Å². The average molecular weight is 305 g/mol. The summed E-state index contributed by atoms with van der Waals surface area (Å²) >= 11 is 0. The number of hydrogen-bond acceptors (Lipinski definition) is 6. The van der Waals surface area contributed by atoms with E-state index >= 15 is 0 Å². The molecule has 120 valence electrons. The van der Waals surface area contributed by atoms with Gasteiger partial charge in [-0.3, -0.25) is 4.90 Å². The second-order valence-corrected chi connectivity index (χ2v) is 5.86. The van der Waals surface area contributed by atoms with E-state index in [4.69, 9.17) is 9.26 Å². The number of likely N-dealkylation sites (tertiary alicyclic amines) is 1. The van der Waals surface area contributed by atoms with E-state index in [-0.39, 0.29) is 0 Å². The van der Waals surface area contributed by atoms with Crippen molar-refractivity contribution in [2.45, 2.75) is 38.6 Å². The number of aryl methyl sites for hydroxylation is 1. The van der Waals surface area contributed by atoms with Gasteiger partial charge in [-0.25, -0.2) is 4.98 Å². The fraction of sp³-hybridized carbons (Fsp3) is 0.667. The molecule has 0 aliphatic carbocycles. The number of nitrogens with one attached hydrogen (secondary N) is 1. The zero-order chi connectivity index (χ0) is 15.4. The summed E-state index contributed by atoms with van der Waals surface area (Å²) in [5.74, 6) is 2.78. The van der Waals surface area contributed by atoms with Crippen molar-refractivity contribution in [2.24, 2.45) is 0 Å². The van der Waals surface area contributed by atoms with E-state index in [2.05, 4.69) is 25.0 Å². The number of H-pyrrole nitrogens is 1. The number of rotatable bonds is 6. The van der Waals surface area contributed by atoms with Crippen LogP contribution in [0.1, 0.15) is 42.0 Å². The van der Waals surface area contributed by atoms with Gasteiger partial charge < -0.3 is 14.2 Å². The van der Waals surface area contributed by atoms with Crippen molar-refractivity contribution in [3.8, 4) is 0 Å². The monoisotopic (exact) mass is 305 g/mol. The van der Waals surface area contributed by atoms with Gasteiger partial charge in [-0.2, -0.15) is 4.98 Å². The van der Waals surface area contributed by atoms with E-state index in [0.717, 1.165) is 55.7 Å². The molecule has 0 aromatic carbocycles. The molecule has 1 aliphatic rings. The smallest absolute Gasteiger partial charge is 0.231 e. The summed E-state index contributed by atoms with van der Waals surface area (Å²) in [4.78, 5) is 14.5. The van der Waals surface area contributed by atoms with E-state index in [1.165, 1.54) is 0 Å². The third-order valence-corrected chi connectivity index (χ3v) is 4.02. The van der Waals surface area contributed by atoms with Gasteiger partial charge in [0.15, 0.2) is 5.82 Å². The van der Waals surface area contributed by atoms with Crippen molar-refractivity contribution in [2.75, 3.05) is 26.8 Å². The molecule has 0 amide bonds. The first-order chi connectivity index (χ1) is 10.7. The lowest BCUT2D eigenvalue weighted by molar-refractivity contribution is 0.178. The predicted molar refractivity (Wildman–Crippen MR) is 80.5 cm³/mol. The van der Waals surface area contributed by atoms with Crippen LogP contribution in [0, 0.1) is 6.92 Å². The fourth-order valence-corrected chi connectivity index (χ4v) is 2.92. The van der Waals surface area contributed by atoms with Gasteiger partial charge in [0.25, 0.3) is 0 Å². The molecule has 0 spiro atoms. The first-order valence-electron chi connectivity index (χ1n) is 7.79. The normalized spacial score (nSPS) is 19.6. The molecule has 0 saturated carbocycles. The van der Waals surface area contributed by atoms with Gasteiger partial charge >= 0.3 is 0 Å². The molecule has 1 saturated heterocycles. The summed E-state index contributed by atoms with van der Waals surface area (Å²) in [5, 5.41) is 4.04. The SMILES string of the molecule is COCCc1noc([C@H]2CCCN(Cc3cnc(C)[nH]3)C2)n1. The summed E-state index contributed by atoms with van der Waals surface area (Å²) in [6, 6.07) is 0. The predicted octanol–water partition coefficient (Wildman–Crippen LogP) is 1.67. The Bertz CT molecular complexity index is 594. The van der Waals surface area contributed by atoms with Gasteiger partial charge in [0.2, 0.25) is 5.89 Å². The molecule has 1 N–H and O–H groups in total. The molecular weight excluding hydrogens is 282 g/mol. The minimum Gasteiger partial charge on any atom is -0.384 e. The van der Waals surface area contributed by atoms with Gasteiger partial charge in [0.05, 0.1) is 12.5 Å². The van der Waals surface area contributed by atoms with Crippen LogP contribution in [0.2, 0.25) is 0 Å². The van der Waals surface area contributed by atoms with Crippen LogP contribution in [0.15, 0.2) is 10.7 Å². The molecule has 0 bridgehead atoms. The lowest BCUT2D eigenvalue weighted by Crippen LogP contribution is -2.34. The largest absolute Gasteiger partial charge is 0.384 e. The number of hydrogen-bond donors (Lipinski definition) is 1. The first kappa shape index (κ1) is 15.2. The molecule has 2 aromatic heterocycles. The quantitative estimate of drug-likeness (QED) is 0.874. The average Bonchev–Trinajstić information content (AvgIpc) is 3.15. The van der Waals surface area contributed by atoms with Crippen molar-refractivity contribution in [3.63, 3.8) is 0 Å². The highest BCUT2D eigenvalue weighted by Crippen LogP contribution is 2.26. The van der Waals surface area contributed by atoms with Crippen molar-refractivity contribution in [3.05, 3.63) is 29.4 Å². The van der Waals surface area contributed by atoms with Crippen LogP contribution < -0.4 is 0 Å². The number of nitrogens with zero attached hydrogens (tertiary/aromatic N) is 4. The Balaban J connectivity index is 1.59. The fourth-order valence-electron chi connectivity index (χ4n) is 2.92. The summed E-state index contributed by atoms with van der Waals surface area (Å²) in [5.41, 5.74) is 1.16. The lowest BCUT2D eigenvalue weighted by Gasteiger charge is -2.30. The van der Waals surface area contributed by atoms with E-state index in [0.29, 0.717) is 18.9 Å². The Morgan fingerprint density at radius 3 is 3.18 bits per heavy atom. The van der Waals surface area contributed by atoms with Crippen molar-refractivity contribution in [1.29, 1.82) is 0 Å². The van der Waals surface area contributed by atoms with Gasteiger partial charge in [0.1, 0.15) is 5.82 Å². The number of imidazole rings is 1. The summed E-state index contributed by atoms with van der Waals surface area (Å²) in [6.07, 6.45) is 4.86. The van der Waals surface area contributed by atoms with Gasteiger partial charge in [-0.1, -0.05) is 5.16 Å². The molecule has 22 heavy (non-hydrogen) atoms. The Morgan fingerprint density at radius 1 is 1.50 bits per heavy atom. The van der Waals surface area contributed by atoms with Crippen LogP contribution in [-0.4, -0.2) is 51.8 Å². The third-order valence-electron chi connectivity index (χ3n) is 4.02. The van der Waals surface area contributed by atoms with Crippen molar-refractivity contribution in [1.82, 2.24) is 25.0 Å². The summed E-state index contributed by atoms with van der Waals surface area (Å²) < 4.78 is 10.5. The molecule has 3 heterocycles. The molecule has 2 aromatic rings. The van der Waals surface area contributed by atoms with E-state index in [1.54, 1.807) is 7.11 Å². The molecular formula is C15H23N5O2. The molecule has 1 atom stereocenters. The van der Waals surface area contributed by atoms with Crippen LogP contribution in [-0.2, 0) is 17.7 Å². The molecule has 3 rings (SSSR count). The number of aromatic nitrogens is 4. The molecule has 7 heteroatoms. The van der Waals surface area contributed by atoms with Crippen molar-refractivity contribution < 1.29 is 9.26 Å². The molecule has 7 nitrogen and oxygen atoms in total. The molecule has 1 aliphatic heterocycles. The Labute approximate surface area is 130 Å². The van der Waals surface area contributed by atoms with Gasteiger partial charge in [-0.15, -0.1) is 0 Å². The Kier molecular flexibility index (Phi) is 4.84.